The van der Waals surface area contributed by atoms with Crippen molar-refractivity contribution >= 4 is 18.2 Å². The Labute approximate surface area is 82.5 Å². The Hall–Kier alpha value is -1.39. The monoisotopic (exact) mass is 201 g/mol. The number of carbonyl (C=O) groups is 3. The standard InChI is InChI=1S/C9H15NO4/c1-3-6(2)9(14)10-7(5-11)4-8(12)13/h5-7H,3-4H2,1-2H3,(H,10,14)(H,12,13). The molecule has 2 unspecified atom stereocenters. The van der Waals surface area contributed by atoms with E-state index in [-0.39, 0.29) is 18.2 Å². The quantitative estimate of drug-likeness (QED) is 0.601. The van der Waals surface area contributed by atoms with Gasteiger partial charge >= 0.3 is 5.97 Å². The number of carbonyl (C=O) groups excluding carboxylic acids is 2. The fourth-order valence-corrected chi connectivity index (χ4v) is 0.832. The van der Waals surface area contributed by atoms with E-state index >= 15 is 0 Å². The maximum Gasteiger partial charge on any atom is 0.305 e. The summed E-state index contributed by atoms with van der Waals surface area (Å²) in [4.78, 5) is 32.0. The molecule has 2 N–H and O–H groups in total. The van der Waals surface area contributed by atoms with Crippen molar-refractivity contribution in [2.45, 2.75) is 32.7 Å². The molecule has 0 aliphatic carbocycles. The molecule has 0 aromatic heterocycles. The van der Waals surface area contributed by atoms with Crippen LogP contribution in [0.1, 0.15) is 26.7 Å². The van der Waals surface area contributed by atoms with E-state index in [0.717, 1.165) is 0 Å². The Bertz CT molecular complexity index is 227. The van der Waals surface area contributed by atoms with Crippen LogP contribution in [0, 0.1) is 5.92 Å². The second-order valence-corrected chi connectivity index (χ2v) is 3.16. The third-order valence-electron chi connectivity index (χ3n) is 1.95. The van der Waals surface area contributed by atoms with E-state index in [1.165, 1.54) is 0 Å². The number of amides is 1. The molecular weight excluding hydrogens is 186 g/mol. The number of aliphatic carboxylic acids is 1. The zero-order valence-corrected chi connectivity index (χ0v) is 8.32. The Balaban J connectivity index is 4.11. The molecule has 2 atom stereocenters. The van der Waals surface area contributed by atoms with Crippen molar-refractivity contribution in [2.24, 2.45) is 5.92 Å². The zero-order valence-electron chi connectivity index (χ0n) is 8.32. The average Bonchev–Trinajstić information content (AvgIpc) is 2.14. The summed E-state index contributed by atoms with van der Waals surface area (Å²) < 4.78 is 0. The minimum Gasteiger partial charge on any atom is -0.481 e. The summed E-state index contributed by atoms with van der Waals surface area (Å²) in [5.41, 5.74) is 0. The first-order valence-electron chi connectivity index (χ1n) is 4.48. The first-order valence-corrected chi connectivity index (χ1v) is 4.48. The molecule has 0 aliphatic rings. The van der Waals surface area contributed by atoms with Gasteiger partial charge in [0.25, 0.3) is 0 Å². The second-order valence-electron chi connectivity index (χ2n) is 3.16. The molecule has 0 aromatic carbocycles. The van der Waals surface area contributed by atoms with Gasteiger partial charge in [0.1, 0.15) is 6.29 Å². The highest BCUT2D eigenvalue weighted by molar-refractivity contribution is 5.83. The van der Waals surface area contributed by atoms with Crippen LogP contribution in [-0.4, -0.2) is 29.3 Å². The van der Waals surface area contributed by atoms with E-state index in [1.54, 1.807) is 6.92 Å². The summed E-state index contributed by atoms with van der Waals surface area (Å²) in [5, 5.41) is 10.8. The van der Waals surface area contributed by atoms with Crippen molar-refractivity contribution in [1.29, 1.82) is 0 Å². The van der Waals surface area contributed by atoms with Crippen LogP contribution in [0.3, 0.4) is 0 Å². The van der Waals surface area contributed by atoms with Crippen molar-refractivity contribution < 1.29 is 19.5 Å². The van der Waals surface area contributed by atoms with Gasteiger partial charge < -0.3 is 15.2 Å². The van der Waals surface area contributed by atoms with Crippen molar-refractivity contribution in [3.05, 3.63) is 0 Å². The summed E-state index contributed by atoms with van der Waals surface area (Å²) in [6.45, 7) is 3.56. The van der Waals surface area contributed by atoms with Crippen LogP contribution in [0.5, 0.6) is 0 Å². The van der Waals surface area contributed by atoms with Gasteiger partial charge in [-0.1, -0.05) is 13.8 Å². The predicted octanol–water partition coefficient (Wildman–Crippen LogP) is 0.191. The lowest BCUT2D eigenvalue weighted by Crippen LogP contribution is -2.40. The van der Waals surface area contributed by atoms with E-state index in [4.69, 9.17) is 5.11 Å². The highest BCUT2D eigenvalue weighted by Crippen LogP contribution is 2.01. The molecule has 5 heteroatoms. The van der Waals surface area contributed by atoms with Gasteiger partial charge in [-0.2, -0.15) is 0 Å². The molecule has 5 nitrogen and oxygen atoms in total. The van der Waals surface area contributed by atoms with Crippen LogP contribution in [-0.2, 0) is 14.4 Å². The fourth-order valence-electron chi connectivity index (χ4n) is 0.832. The maximum absolute atomic E-state index is 11.3. The molecular formula is C9H15NO4. The minimum absolute atomic E-state index is 0.203. The van der Waals surface area contributed by atoms with Gasteiger partial charge in [-0.05, 0) is 6.42 Å². The van der Waals surface area contributed by atoms with Crippen LogP contribution < -0.4 is 5.32 Å². The van der Waals surface area contributed by atoms with Gasteiger partial charge in [0, 0.05) is 5.92 Å². The van der Waals surface area contributed by atoms with Gasteiger partial charge in [-0.25, -0.2) is 0 Å². The number of carboxylic acids is 1. The normalized spacial score (nSPS) is 14.1. The van der Waals surface area contributed by atoms with Gasteiger partial charge in [0.05, 0.1) is 12.5 Å². The van der Waals surface area contributed by atoms with Crippen molar-refractivity contribution in [3.8, 4) is 0 Å². The molecule has 0 aliphatic heterocycles. The van der Waals surface area contributed by atoms with Gasteiger partial charge in [-0.15, -0.1) is 0 Å². The molecule has 0 bridgehead atoms. The summed E-state index contributed by atoms with van der Waals surface area (Å²) in [7, 11) is 0. The van der Waals surface area contributed by atoms with Crippen LogP contribution >= 0.6 is 0 Å². The first-order chi connectivity index (χ1) is 6.51. The number of aldehydes is 1. The van der Waals surface area contributed by atoms with Crippen LogP contribution in [0.2, 0.25) is 0 Å². The van der Waals surface area contributed by atoms with Crippen LogP contribution in [0.15, 0.2) is 0 Å². The van der Waals surface area contributed by atoms with E-state index in [2.05, 4.69) is 5.32 Å². The molecule has 80 valence electrons. The summed E-state index contributed by atoms with van der Waals surface area (Å²) in [6, 6.07) is -0.922. The number of nitrogens with one attached hydrogen (secondary N) is 1. The van der Waals surface area contributed by atoms with Gasteiger partial charge in [0.15, 0.2) is 0 Å². The lowest BCUT2D eigenvalue weighted by molar-refractivity contribution is -0.139. The molecule has 1 amide bonds. The molecule has 0 rings (SSSR count). The van der Waals surface area contributed by atoms with Gasteiger partial charge in [-0.3, -0.25) is 9.59 Å². The van der Waals surface area contributed by atoms with E-state index in [9.17, 15) is 14.4 Å². The Morgan fingerprint density at radius 3 is 2.43 bits per heavy atom. The number of carboxylic acid groups (broad SMARTS) is 1. The highest BCUT2D eigenvalue weighted by atomic mass is 16.4. The summed E-state index contributed by atoms with van der Waals surface area (Å²) >= 11 is 0. The Morgan fingerprint density at radius 2 is 2.07 bits per heavy atom. The SMILES string of the molecule is CCC(C)C(=O)NC(C=O)CC(=O)O. The van der Waals surface area contributed by atoms with Crippen molar-refractivity contribution in [3.63, 3.8) is 0 Å². The molecule has 0 saturated carbocycles. The molecule has 0 spiro atoms. The third-order valence-corrected chi connectivity index (χ3v) is 1.95. The molecule has 0 aromatic rings. The molecule has 14 heavy (non-hydrogen) atoms. The molecule has 0 heterocycles. The van der Waals surface area contributed by atoms with Crippen molar-refractivity contribution in [1.82, 2.24) is 5.32 Å². The average molecular weight is 201 g/mol. The minimum atomic E-state index is -1.11. The predicted molar refractivity (Wildman–Crippen MR) is 49.7 cm³/mol. The Kier molecular flexibility index (Phi) is 5.52. The first kappa shape index (κ1) is 12.6. The fraction of sp³-hybridized carbons (Fsp3) is 0.667. The van der Waals surface area contributed by atoms with Crippen molar-refractivity contribution in [2.75, 3.05) is 0 Å². The van der Waals surface area contributed by atoms with Crippen LogP contribution in [0.4, 0.5) is 0 Å². The van der Waals surface area contributed by atoms with E-state index in [0.29, 0.717) is 12.7 Å². The zero-order chi connectivity index (χ0) is 11.1. The maximum atomic E-state index is 11.3. The van der Waals surface area contributed by atoms with E-state index in [1.807, 2.05) is 6.92 Å². The molecule has 0 fully saturated rings. The number of hydrogen-bond donors (Lipinski definition) is 2. The van der Waals surface area contributed by atoms with E-state index < -0.39 is 12.0 Å². The number of hydrogen-bond acceptors (Lipinski definition) is 3. The lowest BCUT2D eigenvalue weighted by atomic mass is 10.1. The molecule has 0 radical (unpaired) electrons. The molecule has 0 saturated heterocycles. The summed E-state index contributed by atoms with van der Waals surface area (Å²) in [6.07, 6.45) is 0.727. The summed E-state index contributed by atoms with van der Waals surface area (Å²) in [5.74, 6) is -1.59. The largest absolute Gasteiger partial charge is 0.481 e. The van der Waals surface area contributed by atoms with Gasteiger partial charge in [0.2, 0.25) is 5.91 Å². The Morgan fingerprint density at radius 1 is 1.50 bits per heavy atom. The highest BCUT2D eigenvalue weighted by Gasteiger charge is 2.17. The van der Waals surface area contributed by atoms with Crippen LogP contribution in [0.25, 0.3) is 0 Å². The lowest BCUT2D eigenvalue weighted by Gasteiger charge is -2.13. The second kappa shape index (κ2) is 6.12. The smallest absolute Gasteiger partial charge is 0.305 e. The third kappa shape index (κ3) is 4.59. The number of rotatable bonds is 6. The topological polar surface area (TPSA) is 83.5 Å².